The number of aromatic nitrogens is 1. The van der Waals surface area contributed by atoms with Gasteiger partial charge >= 0.3 is 0 Å². The Balaban J connectivity index is 1.59. The van der Waals surface area contributed by atoms with Gasteiger partial charge in [0.05, 0.1) is 6.26 Å². The average Bonchev–Trinajstić information content (AvgIpc) is 3.06. The van der Waals surface area contributed by atoms with Crippen LogP contribution in [0.3, 0.4) is 0 Å². The van der Waals surface area contributed by atoms with Gasteiger partial charge in [-0.1, -0.05) is 0 Å². The summed E-state index contributed by atoms with van der Waals surface area (Å²) in [7, 11) is -3.17. The molecule has 1 aliphatic heterocycles. The first-order chi connectivity index (χ1) is 12.8. The smallest absolute Gasteiger partial charge is 0.227 e. The molecule has 0 amide bonds. The van der Waals surface area contributed by atoms with Crippen LogP contribution in [-0.4, -0.2) is 55.2 Å². The predicted molar refractivity (Wildman–Crippen MR) is 99.7 cm³/mol. The number of benzene rings is 2. The van der Waals surface area contributed by atoms with E-state index in [-0.39, 0.29) is 0 Å². The maximum Gasteiger partial charge on any atom is 0.227 e. The molecule has 2 heterocycles. The summed E-state index contributed by atoms with van der Waals surface area (Å²) in [6.45, 7) is 2.07. The number of nitrogens with zero attached hydrogens (tertiary/aromatic N) is 3. The van der Waals surface area contributed by atoms with E-state index in [4.69, 9.17) is 4.42 Å². The summed E-state index contributed by atoms with van der Waals surface area (Å²) < 4.78 is 43.7. The molecule has 3 aromatic rings. The Hall–Kier alpha value is -2.65. The van der Waals surface area contributed by atoms with E-state index in [0.717, 1.165) is 11.8 Å². The maximum atomic E-state index is 13.2. The number of oxazole rings is 1. The number of aromatic hydroxyl groups is 1. The minimum atomic E-state index is -3.17. The summed E-state index contributed by atoms with van der Waals surface area (Å²) >= 11 is 0. The van der Waals surface area contributed by atoms with Crippen molar-refractivity contribution in [3.8, 4) is 17.2 Å². The molecule has 9 heteroatoms. The number of anilines is 1. The molecule has 0 spiro atoms. The average molecular weight is 391 g/mol. The number of hydrogen-bond donors (Lipinski definition) is 1. The van der Waals surface area contributed by atoms with Crippen LogP contribution in [0, 0.1) is 5.82 Å². The normalized spacial score (nSPS) is 16.1. The van der Waals surface area contributed by atoms with Gasteiger partial charge in [0.25, 0.3) is 0 Å². The Kier molecular flexibility index (Phi) is 4.27. The number of sulfonamides is 1. The Morgan fingerprint density at radius 2 is 1.85 bits per heavy atom. The summed E-state index contributed by atoms with van der Waals surface area (Å²) in [6.07, 6.45) is 1.22. The monoisotopic (exact) mass is 391 g/mol. The van der Waals surface area contributed by atoms with Gasteiger partial charge in [0.2, 0.25) is 15.9 Å². The summed E-state index contributed by atoms with van der Waals surface area (Å²) in [5.41, 5.74) is 2.62. The second kappa shape index (κ2) is 6.50. The number of halogens is 1. The number of rotatable bonds is 3. The molecular weight excluding hydrogens is 373 g/mol. The van der Waals surface area contributed by atoms with E-state index in [9.17, 15) is 17.9 Å². The predicted octanol–water partition coefficient (Wildman–Crippen LogP) is 2.42. The highest BCUT2D eigenvalue weighted by Crippen LogP contribution is 2.30. The van der Waals surface area contributed by atoms with Crippen LogP contribution in [0.15, 0.2) is 40.8 Å². The van der Waals surface area contributed by atoms with Crippen LogP contribution in [0.4, 0.5) is 10.1 Å². The zero-order valence-electron chi connectivity index (χ0n) is 14.6. The topological polar surface area (TPSA) is 86.9 Å². The molecular formula is C18H18FN3O4S. The molecule has 1 aromatic heterocycles. The molecule has 1 N–H and O–H groups in total. The zero-order valence-corrected chi connectivity index (χ0v) is 15.4. The lowest BCUT2D eigenvalue weighted by atomic mass is 10.2. The molecule has 1 saturated heterocycles. The van der Waals surface area contributed by atoms with Gasteiger partial charge in [-0.3, -0.25) is 0 Å². The SMILES string of the molecule is CS(=O)(=O)N1CCN(c2ccc3oc(-c4ccc(F)c(O)c4)nc3c2)CC1. The lowest BCUT2D eigenvalue weighted by molar-refractivity contribution is 0.388. The summed E-state index contributed by atoms with van der Waals surface area (Å²) in [6, 6.07) is 9.49. The summed E-state index contributed by atoms with van der Waals surface area (Å²) in [5.74, 6) is -0.871. The van der Waals surface area contributed by atoms with Crippen LogP contribution in [0.5, 0.6) is 5.75 Å². The van der Waals surface area contributed by atoms with Crippen molar-refractivity contribution < 1.29 is 22.3 Å². The molecule has 7 nitrogen and oxygen atoms in total. The molecule has 0 radical (unpaired) electrons. The number of hydrogen-bond acceptors (Lipinski definition) is 6. The van der Waals surface area contributed by atoms with Gasteiger partial charge in [0.15, 0.2) is 17.1 Å². The van der Waals surface area contributed by atoms with Crippen molar-refractivity contribution in [3.05, 3.63) is 42.2 Å². The van der Waals surface area contributed by atoms with Crippen molar-refractivity contribution in [1.29, 1.82) is 0 Å². The highest BCUT2D eigenvalue weighted by atomic mass is 32.2. The summed E-state index contributed by atoms with van der Waals surface area (Å²) in [4.78, 5) is 6.53. The Morgan fingerprint density at radius 3 is 2.52 bits per heavy atom. The third kappa shape index (κ3) is 3.47. The minimum absolute atomic E-state index is 0.291. The largest absolute Gasteiger partial charge is 0.505 e. The van der Waals surface area contributed by atoms with Crippen LogP contribution in [0.2, 0.25) is 0 Å². The molecule has 0 aliphatic carbocycles. The molecule has 1 aliphatic rings. The fourth-order valence-corrected chi connectivity index (χ4v) is 3.99. The summed E-state index contributed by atoms with van der Waals surface area (Å²) in [5, 5.41) is 9.53. The van der Waals surface area contributed by atoms with Gasteiger partial charge in [0, 0.05) is 37.4 Å². The van der Waals surface area contributed by atoms with E-state index in [1.165, 1.54) is 22.7 Å². The van der Waals surface area contributed by atoms with Crippen molar-refractivity contribution in [2.24, 2.45) is 0 Å². The number of phenols is 1. The quantitative estimate of drug-likeness (QED) is 0.738. The van der Waals surface area contributed by atoms with E-state index in [0.29, 0.717) is 48.7 Å². The van der Waals surface area contributed by atoms with Crippen LogP contribution >= 0.6 is 0 Å². The van der Waals surface area contributed by atoms with Crippen molar-refractivity contribution in [3.63, 3.8) is 0 Å². The fraction of sp³-hybridized carbons (Fsp3) is 0.278. The third-order valence-electron chi connectivity index (χ3n) is 4.64. The van der Waals surface area contributed by atoms with Crippen molar-refractivity contribution >= 4 is 26.8 Å². The third-order valence-corrected chi connectivity index (χ3v) is 5.94. The molecule has 0 saturated carbocycles. The van der Waals surface area contributed by atoms with Gasteiger partial charge in [-0.2, -0.15) is 4.31 Å². The van der Waals surface area contributed by atoms with Crippen LogP contribution < -0.4 is 4.90 Å². The highest BCUT2D eigenvalue weighted by Gasteiger charge is 2.24. The van der Waals surface area contributed by atoms with Crippen LogP contribution in [0.25, 0.3) is 22.6 Å². The van der Waals surface area contributed by atoms with E-state index < -0.39 is 21.6 Å². The number of piperazine rings is 1. The Morgan fingerprint density at radius 1 is 1.11 bits per heavy atom. The first kappa shape index (κ1) is 17.7. The van der Waals surface area contributed by atoms with E-state index in [2.05, 4.69) is 9.88 Å². The highest BCUT2D eigenvalue weighted by molar-refractivity contribution is 7.88. The van der Waals surface area contributed by atoms with Crippen molar-refractivity contribution in [1.82, 2.24) is 9.29 Å². The van der Waals surface area contributed by atoms with Gasteiger partial charge in [-0.15, -0.1) is 0 Å². The second-order valence-corrected chi connectivity index (χ2v) is 8.47. The van der Waals surface area contributed by atoms with Gasteiger partial charge in [-0.25, -0.2) is 17.8 Å². The number of fused-ring (bicyclic) bond motifs is 1. The molecule has 4 rings (SSSR count). The van der Waals surface area contributed by atoms with Gasteiger partial charge in [-0.05, 0) is 36.4 Å². The number of phenolic OH excluding ortho intramolecular Hbond substituents is 1. The van der Waals surface area contributed by atoms with E-state index in [1.807, 2.05) is 12.1 Å². The molecule has 142 valence electrons. The molecule has 1 fully saturated rings. The van der Waals surface area contributed by atoms with Crippen molar-refractivity contribution in [2.45, 2.75) is 0 Å². The lowest BCUT2D eigenvalue weighted by Crippen LogP contribution is -2.48. The van der Waals surface area contributed by atoms with Crippen molar-refractivity contribution in [2.75, 3.05) is 37.3 Å². The standard InChI is InChI=1S/C18H18FN3O4S/c1-27(24,25)22-8-6-21(7-9-22)13-3-5-17-15(11-13)20-18(26-17)12-2-4-14(19)16(23)10-12/h2-5,10-11,23H,6-9H2,1H3. The van der Waals surface area contributed by atoms with Gasteiger partial charge < -0.3 is 14.4 Å². The van der Waals surface area contributed by atoms with Gasteiger partial charge in [0.1, 0.15) is 5.52 Å². The van der Waals surface area contributed by atoms with Crippen LogP contribution in [-0.2, 0) is 10.0 Å². The second-order valence-electron chi connectivity index (χ2n) is 6.49. The molecule has 0 unspecified atom stereocenters. The Bertz CT molecular complexity index is 1100. The maximum absolute atomic E-state index is 13.2. The molecule has 0 atom stereocenters. The first-order valence-corrected chi connectivity index (χ1v) is 10.3. The fourth-order valence-electron chi connectivity index (χ4n) is 3.16. The van der Waals surface area contributed by atoms with E-state index in [1.54, 1.807) is 6.07 Å². The molecule has 2 aromatic carbocycles. The minimum Gasteiger partial charge on any atom is -0.505 e. The molecule has 0 bridgehead atoms. The van der Waals surface area contributed by atoms with Crippen LogP contribution in [0.1, 0.15) is 0 Å². The zero-order chi connectivity index (χ0) is 19.2. The van der Waals surface area contributed by atoms with E-state index >= 15 is 0 Å². The lowest BCUT2D eigenvalue weighted by Gasteiger charge is -2.34. The molecule has 27 heavy (non-hydrogen) atoms. The first-order valence-electron chi connectivity index (χ1n) is 8.41. The Labute approximate surface area is 155 Å².